The number of aryl methyl sites for hydroxylation is 1. The molecule has 0 spiro atoms. The van der Waals surface area contributed by atoms with E-state index in [2.05, 4.69) is 29.9 Å². The van der Waals surface area contributed by atoms with Crippen molar-refractivity contribution in [1.29, 1.82) is 0 Å². The highest BCUT2D eigenvalue weighted by Crippen LogP contribution is 2.38. The number of rotatable bonds is 11. The summed E-state index contributed by atoms with van der Waals surface area (Å²) in [6.45, 7) is 3.29. The highest BCUT2D eigenvalue weighted by molar-refractivity contribution is 7.93. The number of anilines is 1. The first-order chi connectivity index (χ1) is 18.7. The lowest BCUT2D eigenvalue weighted by Crippen LogP contribution is -2.33. The number of pyridine rings is 1. The molecule has 0 saturated carbocycles. The van der Waals surface area contributed by atoms with Gasteiger partial charge in [0.25, 0.3) is 0 Å². The summed E-state index contributed by atoms with van der Waals surface area (Å²) in [6.07, 6.45) is 2.13. The van der Waals surface area contributed by atoms with Crippen molar-refractivity contribution in [1.82, 2.24) is 29.7 Å². The first-order valence-electron chi connectivity index (χ1n) is 11.7. The molecule has 4 rings (SSSR count). The molecule has 206 valence electrons. The lowest BCUT2D eigenvalue weighted by Gasteiger charge is -2.23. The monoisotopic (exact) mass is 555 g/mol. The van der Waals surface area contributed by atoms with Gasteiger partial charge in [0.1, 0.15) is 34.2 Å². The third-order valence-electron chi connectivity index (χ3n) is 5.95. The van der Waals surface area contributed by atoms with Gasteiger partial charge in [-0.25, -0.2) is 13.4 Å². The average Bonchev–Trinajstić information content (AvgIpc) is 3.35. The van der Waals surface area contributed by atoms with Crippen molar-refractivity contribution in [2.24, 2.45) is 0 Å². The Morgan fingerprint density at radius 1 is 0.897 bits per heavy atom. The van der Waals surface area contributed by atoms with Crippen LogP contribution in [0.5, 0.6) is 17.4 Å². The zero-order valence-electron chi connectivity index (χ0n) is 22.3. The fourth-order valence-corrected chi connectivity index (χ4v) is 5.07. The van der Waals surface area contributed by atoms with E-state index in [4.69, 9.17) is 18.9 Å². The number of hydrogen-bond acceptors (Lipinski definition) is 11. The predicted octanol–water partition coefficient (Wildman–Crippen LogP) is 2.97. The number of nitrogens with one attached hydrogen (secondary N) is 1. The highest BCUT2D eigenvalue weighted by atomic mass is 32.2. The van der Waals surface area contributed by atoms with E-state index in [-0.39, 0.29) is 11.8 Å². The first-order valence-corrected chi connectivity index (χ1v) is 13.3. The number of nitrogens with zero attached hydrogens (tertiary/aromatic N) is 6. The van der Waals surface area contributed by atoms with E-state index in [0.29, 0.717) is 40.1 Å². The van der Waals surface area contributed by atoms with E-state index in [1.165, 1.54) is 46.1 Å². The molecule has 3 heterocycles. The van der Waals surface area contributed by atoms with Gasteiger partial charge in [0.05, 0.1) is 38.9 Å². The lowest BCUT2D eigenvalue weighted by molar-refractivity contribution is 0.0985. The molecule has 14 heteroatoms. The molecule has 2 atom stereocenters. The Bertz CT molecular complexity index is 1520. The molecule has 39 heavy (non-hydrogen) atoms. The summed E-state index contributed by atoms with van der Waals surface area (Å²) >= 11 is 0. The maximum atomic E-state index is 13.7. The van der Waals surface area contributed by atoms with Crippen LogP contribution < -0.4 is 18.9 Å². The second kappa shape index (κ2) is 11.6. The lowest BCUT2D eigenvalue weighted by atomic mass is 10.2. The number of hydrogen-bond donors (Lipinski definition) is 1. The molecule has 0 aliphatic carbocycles. The quantitative estimate of drug-likeness (QED) is 0.291. The van der Waals surface area contributed by atoms with Crippen LogP contribution in [0.15, 0.2) is 48.8 Å². The molecule has 0 radical (unpaired) electrons. The van der Waals surface area contributed by atoms with Gasteiger partial charge in [-0.05, 0) is 32.0 Å². The summed E-state index contributed by atoms with van der Waals surface area (Å²) in [7, 11) is 1.75. The van der Waals surface area contributed by atoms with Crippen LogP contribution in [0.3, 0.4) is 0 Å². The summed E-state index contributed by atoms with van der Waals surface area (Å²) in [5.41, 5.74) is 1.80. The van der Waals surface area contributed by atoms with Crippen molar-refractivity contribution >= 4 is 16.0 Å². The third kappa shape index (κ3) is 5.61. The smallest absolute Gasteiger partial charge is 0.243 e. The van der Waals surface area contributed by atoms with Crippen molar-refractivity contribution in [3.05, 3.63) is 60.2 Å². The Morgan fingerprint density at radius 2 is 1.59 bits per heavy atom. The van der Waals surface area contributed by atoms with E-state index >= 15 is 0 Å². The minimum atomic E-state index is -4.13. The van der Waals surface area contributed by atoms with Gasteiger partial charge in [-0.3, -0.25) is 19.3 Å². The van der Waals surface area contributed by atoms with Crippen molar-refractivity contribution in [3.63, 3.8) is 0 Å². The SMILES string of the molecule is COc1cccc(-c2nnc(NS(=O)(=O)C(C)C(OC)c3cnc(C)cn3)n2-c2c(OC)cccc2OC)n1. The van der Waals surface area contributed by atoms with Crippen LogP contribution in [0.25, 0.3) is 17.2 Å². The predicted molar refractivity (Wildman–Crippen MR) is 143 cm³/mol. The normalized spacial score (nSPS) is 13.0. The molecule has 2 unspecified atom stereocenters. The minimum Gasteiger partial charge on any atom is -0.494 e. The maximum Gasteiger partial charge on any atom is 0.243 e. The van der Waals surface area contributed by atoms with Crippen molar-refractivity contribution in [2.75, 3.05) is 33.2 Å². The van der Waals surface area contributed by atoms with E-state index < -0.39 is 21.4 Å². The van der Waals surface area contributed by atoms with Crippen LogP contribution in [0, 0.1) is 6.92 Å². The van der Waals surface area contributed by atoms with Crippen molar-refractivity contribution in [3.8, 4) is 34.6 Å². The van der Waals surface area contributed by atoms with E-state index in [0.717, 1.165) is 0 Å². The molecule has 0 aliphatic heterocycles. The van der Waals surface area contributed by atoms with E-state index in [1.54, 1.807) is 49.5 Å². The second-order valence-electron chi connectivity index (χ2n) is 8.35. The Morgan fingerprint density at radius 3 is 2.18 bits per heavy atom. The molecule has 1 N–H and O–H groups in total. The number of aromatic nitrogens is 6. The van der Waals surface area contributed by atoms with Gasteiger partial charge in [-0.1, -0.05) is 12.1 Å². The van der Waals surface area contributed by atoms with Crippen LogP contribution in [0.1, 0.15) is 24.4 Å². The minimum absolute atomic E-state index is 0.117. The molecule has 13 nitrogen and oxygen atoms in total. The van der Waals surface area contributed by atoms with E-state index in [1.807, 2.05) is 0 Å². The van der Waals surface area contributed by atoms with Crippen LogP contribution in [-0.4, -0.2) is 71.8 Å². The van der Waals surface area contributed by atoms with Gasteiger partial charge in [-0.15, -0.1) is 10.2 Å². The van der Waals surface area contributed by atoms with Crippen LogP contribution in [0.4, 0.5) is 5.95 Å². The topological polar surface area (TPSA) is 152 Å². The number of para-hydroxylation sites is 1. The maximum absolute atomic E-state index is 13.7. The van der Waals surface area contributed by atoms with E-state index in [9.17, 15) is 8.42 Å². The number of methoxy groups -OCH3 is 4. The molecule has 0 amide bonds. The molecular weight excluding hydrogens is 526 g/mol. The molecule has 3 aromatic heterocycles. The molecular formula is C25H29N7O6S. The van der Waals surface area contributed by atoms with Crippen molar-refractivity contribution < 1.29 is 27.4 Å². The Kier molecular flexibility index (Phi) is 8.26. The summed E-state index contributed by atoms with van der Waals surface area (Å²) in [5.74, 6) is 1.21. The van der Waals surface area contributed by atoms with Crippen LogP contribution in [-0.2, 0) is 14.8 Å². The largest absolute Gasteiger partial charge is 0.494 e. The Labute approximate surface area is 226 Å². The Balaban J connectivity index is 1.85. The standard InChI is InChI=1S/C25H29N7O6S/c1-15-13-27-18(14-26-15)23(38-6)16(2)39(33,34)31-25-30-29-24(17-9-7-12-21(28-17)37-5)32(25)22-19(35-3)10-8-11-20(22)36-4/h7-14,16,23H,1-6H3,(H,30,31). The summed E-state index contributed by atoms with van der Waals surface area (Å²) < 4.78 is 53.3. The zero-order valence-corrected chi connectivity index (χ0v) is 23.1. The number of sulfonamides is 1. The molecule has 1 aromatic carbocycles. The zero-order chi connectivity index (χ0) is 28.2. The third-order valence-corrected chi connectivity index (χ3v) is 7.64. The number of benzene rings is 1. The highest BCUT2D eigenvalue weighted by Gasteiger charge is 2.34. The molecule has 0 aliphatic rings. The van der Waals surface area contributed by atoms with Gasteiger partial charge < -0.3 is 18.9 Å². The average molecular weight is 556 g/mol. The summed E-state index contributed by atoms with van der Waals surface area (Å²) in [6, 6.07) is 10.3. The van der Waals surface area contributed by atoms with Gasteiger partial charge >= 0.3 is 0 Å². The molecule has 0 saturated heterocycles. The molecule has 0 bridgehead atoms. The van der Waals surface area contributed by atoms with Crippen LogP contribution >= 0.6 is 0 Å². The molecule has 0 fully saturated rings. The van der Waals surface area contributed by atoms with Gasteiger partial charge in [0, 0.05) is 19.4 Å². The van der Waals surface area contributed by atoms with Gasteiger partial charge in [0.2, 0.25) is 21.9 Å². The fraction of sp³-hybridized carbons (Fsp3) is 0.320. The fourth-order valence-electron chi connectivity index (χ4n) is 3.92. The van der Waals surface area contributed by atoms with Crippen LogP contribution in [0.2, 0.25) is 0 Å². The summed E-state index contributed by atoms with van der Waals surface area (Å²) in [4.78, 5) is 13.0. The second-order valence-corrected chi connectivity index (χ2v) is 10.4. The number of ether oxygens (including phenoxy) is 4. The van der Waals surface area contributed by atoms with Gasteiger partial charge in [0.15, 0.2) is 5.82 Å². The van der Waals surface area contributed by atoms with Gasteiger partial charge in [-0.2, -0.15) is 0 Å². The molecule has 4 aromatic rings. The summed E-state index contributed by atoms with van der Waals surface area (Å²) in [5, 5.41) is 7.35. The van der Waals surface area contributed by atoms with Crippen molar-refractivity contribution in [2.45, 2.75) is 25.2 Å². The Hall–Kier alpha value is -4.30. The first kappa shape index (κ1) is 27.7.